The second-order valence-corrected chi connectivity index (χ2v) is 17.1. The van der Waals surface area contributed by atoms with Gasteiger partial charge in [0.25, 0.3) is 0 Å². The number of aromatic nitrogens is 1. The first-order valence-corrected chi connectivity index (χ1v) is 21.4. The van der Waals surface area contributed by atoms with E-state index in [0.29, 0.717) is 17.9 Å². The van der Waals surface area contributed by atoms with Gasteiger partial charge in [0.2, 0.25) is 11.8 Å². The van der Waals surface area contributed by atoms with Crippen LogP contribution in [-0.4, -0.2) is 88.3 Å². The monoisotopic (exact) mass is 776 g/mol. The maximum absolute atomic E-state index is 13.8. The smallest absolute Gasteiger partial charge is 0.220 e. The Morgan fingerprint density at radius 3 is 2.00 bits per heavy atom. The van der Waals surface area contributed by atoms with E-state index in [1.165, 1.54) is 41.8 Å². The minimum atomic E-state index is -0.192. The zero-order valence-electron chi connectivity index (χ0n) is 33.2. The van der Waals surface area contributed by atoms with E-state index < -0.39 is 0 Å². The van der Waals surface area contributed by atoms with Gasteiger partial charge in [-0.1, -0.05) is 49.2 Å². The summed E-state index contributed by atoms with van der Waals surface area (Å²) in [5.41, 5.74) is 4.58. The Labute approximate surface area is 336 Å². The summed E-state index contributed by atoms with van der Waals surface area (Å²) in [5, 5.41) is 2.22. The van der Waals surface area contributed by atoms with Gasteiger partial charge in [-0.2, -0.15) is 0 Å². The Morgan fingerprint density at radius 1 is 0.768 bits per heavy atom. The highest BCUT2D eigenvalue weighted by Crippen LogP contribution is 2.44. The molecule has 2 aliphatic heterocycles. The minimum absolute atomic E-state index is 0.0951. The van der Waals surface area contributed by atoms with Gasteiger partial charge in [0.1, 0.15) is 17.3 Å². The lowest BCUT2D eigenvalue weighted by molar-refractivity contribution is 0.104. The van der Waals surface area contributed by atoms with Crippen molar-refractivity contribution in [2.24, 2.45) is 11.8 Å². The van der Waals surface area contributed by atoms with E-state index in [4.69, 9.17) is 14.1 Å². The van der Waals surface area contributed by atoms with Gasteiger partial charge in [-0.15, -0.1) is 11.3 Å². The summed E-state index contributed by atoms with van der Waals surface area (Å²) in [6.45, 7) is 7.13. The summed E-state index contributed by atoms with van der Waals surface area (Å²) in [5.74, 6) is 3.76. The Balaban J connectivity index is 1.04. The van der Waals surface area contributed by atoms with Crippen molar-refractivity contribution in [1.82, 2.24) is 14.8 Å². The number of piperazine rings is 2. The third-order valence-corrected chi connectivity index (χ3v) is 13.4. The first kappa shape index (κ1) is 38.5. The zero-order chi connectivity index (χ0) is 38.4. The third-order valence-electron chi connectivity index (χ3n) is 12.4. The van der Waals surface area contributed by atoms with Crippen LogP contribution < -0.4 is 19.4 Å². The average Bonchev–Trinajstić information content (AvgIpc) is 3.92. The Morgan fingerprint density at radius 2 is 1.39 bits per heavy atom. The van der Waals surface area contributed by atoms with E-state index in [-0.39, 0.29) is 11.9 Å². The van der Waals surface area contributed by atoms with Crippen LogP contribution in [-0.2, 0) is 6.42 Å². The normalized spacial score (nSPS) is 20.7. The van der Waals surface area contributed by atoms with Gasteiger partial charge in [0.15, 0.2) is 0 Å². The number of thiophene rings is 1. The molecule has 56 heavy (non-hydrogen) atoms. The van der Waals surface area contributed by atoms with Crippen LogP contribution in [0.15, 0.2) is 101 Å². The number of anilines is 3. The van der Waals surface area contributed by atoms with E-state index in [1.807, 2.05) is 35.6 Å². The first-order chi connectivity index (χ1) is 27.4. The molecule has 1 aliphatic carbocycles. The molecule has 3 aromatic carbocycles. The highest BCUT2D eigenvalue weighted by Gasteiger charge is 2.36. The van der Waals surface area contributed by atoms with E-state index in [0.717, 1.165) is 94.1 Å². The summed E-state index contributed by atoms with van der Waals surface area (Å²) in [4.78, 5) is 19.3. The summed E-state index contributed by atoms with van der Waals surface area (Å²) >= 11 is 1.89. The minimum Gasteiger partial charge on any atom is -0.497 e. The lowest BCUT2D eigenvalue weighted by atomic mass is 9.75. The molecule has 2 saturated heterocycles. The molecular formula is C46H57FN6O2S. The SMILES string of the molecule is COc1ccc(N2CCN(c3oc(C(CC4CCC(C(c5cccs5)N(C)C)CC4)N4CCN(c5ccc(F)cc5)CC4)nc3Cc3ccccc3)CC2)cc1. The van der Waals surface area contributed by atoms with Crippen molar-refractivity contribution in [3.05, 3.63) is 124 Å². The predicted molar refractivity (Wildman–Crippen MR) is 227 cm³/mol. The van der Waals surface area contributed by atoms with Crippen molar-refractivity contribution in [2.75, 3.05) is 88.3 Å². The number of benzene rings is 3. The molecule has 2 unspecified atom stereocenters. The van der Waals surface area contributed by atoms with Gasteiger partial charge in [0.05, 0.1) is 13.2 Å². The number of oxazole rings is 1. The number of methoxy groups -OCH3 is 1. The van der Waals surface area contributed by atoms with Crippen molar-refractivity contribution in [3.63, 3.8) is 0 Å². The summed E-state index contributed by atoms with van der Waals surface area (Å²) in [6.07, 6.45) is 6.72. The van der Waals surface area contributed by atoms with E-state index in [1.54, 1.807) is 19.2 Å². The van der Waals surface area contributed by atoms with Gasteiger partial charge in [-0.05, 0) is 111 Å². The molecule has 0 amide bonds. The van der Waals surface area contributed by atoms with Crippen LogP contribution in [0.3, 0.4) is 0 Å². The molecule has 0 spiro atoms. The molecule has 10 heteroatoms. The maximum Gasteiger partial charge on any atom is 0.220 e. The molecule has 0 N–H and O–H groups in total. The third kappa shape index (κ3) is 8.93. The van der Waals surface area contributed by atoms with E-state index in [9.17, 15) is 4.39 Å². The number of halogens is 1. The number of ether oxygens (including phenoxy) is 1. The molecule has 0 bridgehead atoms. The summed E-state index contributed by atoms with van der Waals surface area (Å²) in [6, 6.07) is 31.1. The van der Waals surface area contributed by atoms with Crippen LogP contribution in [0, 0.1) is 17.7 Å². The molecule has 3 fully saturated rings. The second kappa shape index (κ2) is 17.8. The zero-order valence-corrected chi connectivity index (χ0v) is 34.0. The number of hydrogen-bond donors (Lipinski definition) is 0. The number of nitrogens with zero attached hydrogens (tertiary/aromatic N) is 6. The molecule has 1 saturated carbocycles. The molecule has 5 aromatic rings. The summed E-state index contributed by atoms with van der Waals surface area (Å²) in [7, 11) is 6.19. The molecule has 3 aliphatic rings. The van der Waals surface area contributed by atoms with Gasteiger partial charge < -0.3 is 28.8 Å². The molecule has 296 valence electrons. The Kier molecular flexibility index (Phi) is 12.3. The molecule has 0 radical (unpaired) electrons. The number of hydrogen-bond acceptors (Lipinski definition) is 9. The fourth-order valence-corrected chi connectivity index (χ4v) is 10.4. The van der Waals surface area contributed by atoms with Crippen molar-refractivity contribution in [2.45, 2.75) is 50.6 Å². The van der Waals surface area contributed by atoms with Gasteiger partial charge >= 0.3 is 0 Å². The lowest BCUT2D eigenvalue weighted by Gasteiger charge is -2.41. The first-order valence-electron chi connectivity index (χ1n) is 20.5. The molecule has 2 aromatic heterocycles. The van der Waals surface area contributed by atoms with Gasteiger partial charge in [-0.3, -0.25) is 4.90 Å². The lowest BCUT2D eigenvalue weighted by Crippen LogP contribution is -2.48. The molecule has 8 nitrogen and oxygen atoms in total. The topological polar surface area (TPSA) is 51.5 Å². The van der Waals surface area contributed by atoms with Gasteiger partial charge in [0, 0.05) is 81.1 Å². The highest BCUT2D eigenvalue weighted by atomic mass is 32.1. The number of rotatable bonds is 13. The van der Waals surface area contributed by atoms with Crippen molar-refractivity contribution >= 4 is 28.6 Å². The van der Waals surface area contributed by atoms with Crippen molar-refractivity contribution in [1.29, 1.82) is 0 Å². The quantitative estimate of drug-likeness (QED) is 0.117. The van der Waals surface area contributed by atoms with Gasteiger partial charge in [-0.25, -0.2) is 9.37 Å². The Hall–Kier alpha value is -4.38. The Bertz CT molecular complexity index is 1930. The van der Waals surface area contributed by atoms with Crippen LogP contribution in [0.5, 0.6) is 5.75 Å². The molecule has 8 rings (SSSR count). The molecule has 2 atom stereocenters. The van der Waals surface area contributed by atoms with Crippen LogP contribution >= 0.6 is 11.3 Å². The fraction of sp³-hybridized carbons (Fsp3) is 0.457. The largest absolute Gasteiger partial charge is 0.497 e. The molecule has 4 heterocycles. The highest BCUT2D eigenvalue weighted by molar-refractivity contribution is 7.10. The van der Waals surface area contributed by atoms with Crippen molar-refractivity contribution in [3.8, 4) is 5.75 Å². The average molecular weight is 777 g/mol. The van der Waals surface area contributed by atoms with Crippen LogP contribution in [0.2, 0.25) is 0 Å². The standard InChI is InChI=1S/C46H57FN6O2S/c1-49(2)44(43-10-7-31-56-43)36-13-11-35(12-14-36)33-42(52-27-23-50(24-28-52)38-17-15-37(47)16-18-38)45-48-41(32-34-8-5-4-6-9-34)46(55-45)53-29-25-51(26-30-53)39-19-21-40(54-3)22-20-39/h4-10,15-22,31,35-36,42,44H,11-14,23-30,32-33H2,1-3H3. The van der Waals surface area contributed by atoms with Crippen LogP contribution in [0.25, 0.3) is 0 Å². The fourth-order valence-electron chi connectivity index (χ4n) is 9.39. The maximum atomic E-state index is 13.8. The molecular weight excluding hydrogens is 720 g/mol. The second-order valence-electron chi connectivity index (χ2n) is 16.1. The summed E-state index contributed by atoms with van der Waals surface area (Å²) < 4.78 is 26.3. The van der Waals surface area contributed by atoms with Crippen LogP contribution in [0.1, 0.15) is 66.2 Å². The van der Waals surface area contributed by atoms with Crippen LogP contribution in [0.4, 0.5) is 21.6 Å². The van der Waals surface area contributed by atoms with E-state index in [2.05, 4.69) is 98.6 Å². The predicted octanol–water partition coefficient (Wildman–Crippen LogP) is 9.16. The van der Waals surface area contributed by atoms with E-state index >= 15 is 0 Å². The van der Waals surface area contributed by atoms with Crippen molar-refractivity contribution < 1.29 is 13.5 Å².